The Hall–Kier alpha value is -0.110. The monoisotopic (exact) mass is 164 g/mol. The van der Waals surface area contributed by atoms with Crippen LogP contribution in [0.25, 0.3) is 0 Å². The molecule has 0 aromatic heterocycles. The molecule has 0 aromatic rings. The van der Waals surface area contributed by atoms with Crippen molar-refractivity contribution in [3.05, 3.63) is 11.6 Å². The van der Waals surface area contributed by atoms with Gasteiger partial charge in [-0.1, -0.05) is 11.6 Å². The van der Waals surface area contributed by atoms with Gasteiger partial charge in [-0.2, -0.15) is 0 Å². The Morgan fingerprint density at radius 3 is 2.70 bits per heavy atom. The fourth-order valence-electron chi connectivity index (χ4n) is 0.494. The zero-order valence-corrected chi connectivity index (χ0v) is 7.26. The fraction of sp³-hybridized carbons (Fsp3) is 0.667. The van der Waals surface area contributed by atoms with Gasteiger partial charge in [0.15, 0.2) is 0 Å². The van der Waals surface area contributed by atoms with Crippen molar-refractivity contribution in [1.82, 2.24) is 0 Å². The molecule has 0 fully saturated rings. The van der Waals surface area contributed by atoms with Crippen LogP contribution >= 0.6 is 8.25 Å². The first-order valence-electron chi connectivity index (χ1n) is 3.12. The number of rotatable bonds is 4. The topological polar surface area (TPSA) is 46.5 Å². The second kappa shape index (κ2) is 5.66. The second-order valence-corrected chi connectivity index (χ2v) is 3.01. The first-order valence-corrected chi connectivity index (χ1v) is 4.38. The molecule has 60 valence electrons. The molecule has 0 aliphatic heterocycles. The lowest BCUT2D eigenvalue weighted by Crippen LogP contribution is -1.82. The van der Waals surface area contributed by atoms with Crippen LogP contribution in [0.2, 0.25) is 0 Å². The second-order valence-electron chi connectivity index (χ2n) is 2.18. The molecule has 0 rings (SSSR count). The van der Waals surface area contributed by atoms with E-state index in [1.54, 1.807) is 0 Å². The van der Waals surface area contributed by atoms with Gasteiger partial charge in [-0.05, 0) is 20.3 Å². The lowest BCUT2D eigenvalue weighted by Gasteiger charge is -1.94. The standard InChI is InChI=1S/C6H13O3P/c1-6(2)4-3-5-9-10(7)8/h4,10H,3,5H2,1-2H3,(H,7,8). The van der Waals surface area contributed by atoms with Crippen molar-refractivity contribution in [3.8, 4) is 0 Å². The minimum atomic E-state index is -2.71. The summed E-state index contributed by atoms with van der Waals surface area (Å²) in [4.78, 5) is 8.22. The van der Waals surface area contributed by atoms with Crippen LogP contribution in [0.3, 0.4) is 0 Å². The summed E-state index contributed by atoms with van der Waals surface area (Å²) in [5.74, 6) is 0. The molecule has 0 heterocycles. The van der Waals surface area contributed by atoms with E-state index in [1.165, 1.54) is 5.57 Å². The van der Waals surface area contributed by atoms with Gasteiger partial charge in [0.05, 0.1) is 6.61 Å². The molecule has 0 saturated carbocycles. The van der Waals surface area contributed by atoms with Gasteiger partial charge in [0.25, 0.3) is 0 Å². The third-order valence-electron chi connectivity index (χ3n) is 0.896. The summed E-state index contributed by atoms with van der Waals surface area (Å²) in [5.41, 5.74) is 1.20. The van der Waals surface area contributed by atoms with Crippen molar-refractivity contribution < 1.29 is 14.0 Å². The summed E-state index contributed by atoms with van der Waals surface area (Å²) in [5, 5.41) is 0. The summed E-state index contributed by atoms with van der Waals surface area (Å²) in [6, 6.07) is 0. The zero-order chi connectivity index (χ0) is 7.98. The normalized spacial score (nSPS) is 12.7. The molecule has 10 heavy (non-hydrogen) atoms. The molecule has 0 aliphatic carbocycles. The van der Waals surface area contributed by atoms with Crippen LogP contribution in [0.1, 0.15) is 20.3 Å². The average molecular weight is 164 g/mol. The van der Waals surface area contributed by atoms with E-state index < -0.39 is 8.25 Å². The van der Waals surface area contributed by atoms with Gasteiger partial charge in [0.2, 0.25) is 0 Å². The highest BCUT2D eigenvalue weighted by molar-refractivity contribution is 7.32. The van der Waals surface area contributed by atoms with E-state index in [4.69, 9.17) is 4.89 Å². The molecular formula is C6H13O3P. The summed E-state index contributed by atoms with van der Waals surface area (Å²) in [7, 11) is -2.71. The van der Waals surface area contributed by atoms with Crippen LogP contribution in [0.5, 0.6) is 0 Å². The highest BCUT2D eigenvalue weighted by Gasteiger charge is 1.88. The molecule has 0 aromatic carbocycles. The van der Waals surface area contributed by atoms with Gasteiger partial charge in [-0.25, -0.2) is 0 Å². The third-order valence-corrected chi connectivity index (χ3v) is 1.35. The predicted molar refractivity (Wildman–Crippen MR) is 41.2 cm³/mol. The molecule has 0 radical (unpaired) electrons. The number of hydrogen-bond acceptors (Lipinski definition) is 2. The van der Waals surface area contributed by atoms with Crippen LogP contribution in [-0.4, -0.2) is 11.5 Å². The Bertz CT molecular complexity index is 138. The Kier molecular flexibility index (Phi) is 5.60. The van der Waals surface area contributed by atoms with Crippen molar-refractivity contribution in [2.75, 3.05) is 6.61 Å². The van der Waals surface area contributed by atoms with Gasteiger partial charge in [-0.3, -0.25) is 4.57 Å². The van der Waals surface area contributed by atoms with E-state index in [-0.39, 0.29) is 0 Å². The molecule has 0 bridgehead atoms. The summed E-state index contributed by atoms with van der Waals surface area (Å²) in [6.45, 7) is 4.28. The molecular weight excluding hydrogens is 151 g/mol. The number of hydrogen-bond donors (Lipinski definition) is 1. The van der Waals surface area contributed by atoms with E-state index in [1.807, 2.05) is 19.9 Å². The van der Waals surface area contributed by atoms with Crippen molar-refractivity contribution >= 4 is 8.25 Å². The van der Waals surface area contributed by atoms with E-state index in [0.717, 1.165) is 0 Å². The smallest absolute Gasteiger partial charge is 0.316 e. The Balaban J connectivity index is 3.21. The first-order chi connectivity index (χ1) is 4.63. The highest BCUT2D eigenvalue weighted by atomic mass is 31.1. The van der Waals surface area contributed by atoms with Gasteiger partial charge in [0.1, 0.15) is 0 Å². The van der Waals surface area contributed by atoms with Crippen LogP contribution in [0, 0.1) is 0 Å². The minimum absolute atomic E-state index is 0.333. The maximum absolute atomic E-state index is 9.99. The molecule has 0 saturated heterocycles. The van der Waals surface area contributed by atoms with Crippen molar-refractivity contribution in [1.29, 1.82) is 0 Å². The van der Waals surface area contributed by atoms with Crippen molar-refractivity contribution in [3.63, 3.8) is 0 Å². The largest absolute Gasteiger partial charge is 0.326 e. The highest BCUT2D eigenvalue weighted by Crippen LogP contribution is 2.14. The molecule has 0 aliphatic rings. The van der Waals surface area contributed by atoms with Gasteiger partial charge >= 0.3 is 8.25 Å². The molecule has 0 spiro atoms. The van der Waals surface area contributed by atoms with Crippen LogP contribution in [0.4, 0.5) is 0 Å². The van der Waals surface area contributed by atoms with Gasteiger partial charge < -0.3 is 9.42 Å². The molecule has 1 atom stereocenters. The first kappa shape index (κ1) is 9.89. The van der Waals surface area contributed by atoms with Crippen molar-refractivity contribution in [2.45, 2.75) is 20.3 Å². The molecule has 3 nitrogen and oxygen atoms in total. The Morgan fingerprint density at radius 2 is 2.30 bits per heavy atom. The fourth-order valence-corrected chi connectivity index (χ4v) is 0.786. The lowest BCUT2D eigenvalue weighted by molar-refractivity contribution is 0.287. The molecule has 1 unspecified atom stereocenters. The third kappa shape index (κ3) is 7.89. The maximum atomic E-state index is 9.99. The van der Waals surface area contributed by atoms with E-state index >= 15 is 0 Å². The SMILES string of the molecule is CC(C)=CCCO[PH](=O)O. The summed E-state index contributed by atoms with van der Waals surface area (Å²) < 4.78 is 14.4. The zero-order valence-electron chi connectivity index (χ0n) is 6.26. The summed E-state index contributed by atoms with van der Waals surface area (Å²) >= 11 is 0. The maximum Gasteiger partial charge on any atom is 0.316 e. The average Bonchev–Trinajstić information content (AvgIpc) is 1.79. The quantitative estimate of drug-likeness (QED) is 0.391. The number of allylic oxidation sites excluding steroid dienone is 1. The van der Waals surface area contributed by atoms with Crippen LogP contribution < -0.4 is 0 Å². The molecule has 4 heteroatoms. The molecule has 1 N–H and O–H groups in total. The van der Waals surface area contributed by atoms with E-state index in [9.17, 15) is 4.57 Å². The molecule has 0 amide bonds. The van der Waals surface area contributed by atoms with E-state index in [2.05, 4.69) is 4.52 Å². The van der Waals surface area contributed by atoms with Gasteiger partial charge in [-0.15, -0.1) is 0 Å². The van der Waals surface area contributed by atoms with Crippen molar-refractivity contribution in [2.24, 2.45) is 0 Å². The minimum Gasteiger partial charge on any atom is -0.326 e. The lowest BCUT2D eigenvalue weighted by atomic mass is 10.3. The Labute approximate surface area is 61.7 Å². The Morgan fingerprint density at radius 1 is 1.70 bits per heavy atom. The van der Waals surface area contributed by atoms with Gasteiger partial charge in [0, 0.05) is 0 Å². The van der Waals surface area contributed by atoms with Crippen LogP contribution in [0.15, 0.2) is 11.6 Å². The van der Waals surface area contributed by atoms with E-state index in [0.29, 0.717) is 13.0 Å². The predicted octanol–water partition coefficient (Wildman–Crippen LogP) is 1.74. The summed E-state index contributed by atoms with van der Waals surface area (Å²) in [6.07, 6.45) is 2.67. The van der Waals surface area contributed by atoms with Crippen LogP contribution in [-0.2, 0) is 9.09 Å².